The van der Waals surface area contributed by atoms with E-state index in [1.807, 2.05) is 0 Å². The van der Waals surface area contributed by atoms with Crippen LogP contribution in [0.5, 0.6) is 0 Å². The summed E-state index contributed by atoms with van der Waals surface area (Å²) < 4.78 is 5.48. The summed E-state index contributed by atoms with van der Waals surface area (Å²) in [6, 6.07) is 8.73. The van der Waals surface area contributed by atoms with Gasteiger partial charge in [-0.05, 0) is 30.5 Å². The fourth-order valence-electron chi connectivity index (χ4n) is 2.79. The summed E-state index contributed by atoms with van der Waals surface area (Å²) in [4.78, 5) is 4.35. The second kappa shape index (κ2) is 9.59. The molecule has 1 aliphatic heterocycles. The van der Waals surface area contributed by atoms with Crippen LogP contribution in [0.3, 0.4) is 0 Å². The molecular weight excluding hydrogens is 258 g/mol. The first-order valence-electron chi connectivity index (χ1n) is 8.66. The molecule has 0 radical (unpaired) electrons. The van der Waals surface area contributed by atoms with Gasteiger partial charge in [-0.2, -0.15) is 0 Å². The van der Waals surface area contributed by atoms with E-state index in [1.54, 1.807) is 0 Å². The van der Waals surface area contributed by atoms with Crippen molar-refractivity contribution in [2.75, 3.05) is 13.2 Å². The van der Waals surface area contributed by atoms with E-state index in [0.717, 1.165) is 24.6 Å². The quantitative estimate of drug-likeness (QED) is 0.546. The zero-order valence-electron chi connectivity index (χ0n) is 13.4. The molecule has 1 aromatic carbocycles. The minimum Gasteiger partial charge on any atom is -0.476 e. The molecular formula is C19H29NO. The molecule has 0 saturated heterocycles. The third-order valence-electron chi connectivity index (χ3n) is 4.11. The van der Waals surface area contributed by atoms with E-state index >= 15 is 0 Å². The molecule has 0 spiro atoms. The lowest BCUT2D eigenvalue weighted by Crippen LogP contribution is -2.00. The molecule has 0 aliphatic carbocycles. The highest BCUT2D eigenvalue weighted by molar-refractivity contribution is 5.94. The largest absolute Gasteiger partial charge is 0.476 e. The van der Waals surface area contributed by atoms with Crippen LogP contribution in [0.15, 0.2) is 29.3 Å². The Hall–Kier alpha value is -1.31. The summed E-state index contributed by atoms with van der Waals surface area (Å²) in [6.45, 7) is 3.81. The fraction of sp³-hybridized carbons (Fsp3) is 0.632. The maximum atomic E-state index is 5.48. The van der Waals surface area contributed by atoms with E-state index in [2.05, 4.69) is 36.2 Å². The van der Waals surface area contributed by atoms with E-state index in [4.69, 9.17) is 4.74 Å². The minimum atomic E-state index is 0.731. The molecule has 0 atom stereocenters. The van der Waals surface area contributed by atoms with Crippen molar-refractivity contribution in [2.24, 2.45) is 4.99 Å². The number of benzene rings is 1. The number of ether oxygens (including phenoxy) is 1. The van der Waals surface area contributed by atoms with Crippen molar-refractivity contribution in [3.63, 3.8) is 0 Å². The zero-order valence-corrected chi connectivity index (χ0v) is 13.4. The molecule has 2 nitrogen and oxygen atoms in total. The van der Waals surface area contributed by atoms with E-state index in [0.29, 0.717) is 0 Å². The molecule has 0 N–H and O–H groups in total. The van der Waals surface area contributed by atoms with E-state index in [-0.39, 0.29) is 0 Å². The van der Waals surface area contributed by atoms with Crippen LogP contribution in [0.4, 0.5) is 0 Å². The summed E-state index contributed by atoms with van der Waals surface area (Å²) >= 11 is 0. The lowest BCUT2D eigenvalue weighted by Gasteiger charge is -2.05. The third kappa shape index (κ3) is 5.91. The van der Waals surface area contributed by atoms with Crippen LogP contribution in [0.2, 0.25) is 0 Å². The van der Waals surface area contributed by atoms with Crippen LogP contribution < -0.4 is 0 Å². The number of nitrogens with zero attached hydrogens (tertiary/aromatic N) is 1. The summed E-state index contributed by atoms with van der Waals surface area (Å²) in [5.41, 5.74) is 2.55. The van der Waals surface area contributed by atoms with Crippen molar-refractivity contribution >= 4 is 5.90 Å². The third-order valence-corrected chi connectivity index (χ3v) is 4.11. The molecule has 0 unspecified atom stereocenters. The molecule has 1 aliphatic rings. The van der Waals surface area contributed by atoms with Gasteiger partial charge in [-0.3, -0.25) is 0 Å². The van der Waals surface area contributed by atoms with Crippen LogP contribution in [-0.2, 0) is 11.2 Å². The second-order valence-electron chi connectivity index (χ2n) is 5.96. The Kier molecular flexibility index (Phi) is 7.34. The highest BCUT2D eigenvalue weighted by atomic mass is 16.5. The van der Waals surface area contributed by atoms with Gasteiger partial charge >= 0.3 is 0 Å². The van der Waals surface area contributed by atoms with Crippen LogP contribution in [-0.4, -0.2) is 19.0 Å². The van der Waals surface area contributed by atoms with E-state index < -0.39 is 0 Å². The first kappa shape index (κ1) is 16.1. The standard InChI is InChI=1S/C19H29NO/c1-2-3-4-5-6-7-8-9-10-17-11-13-18(14-12-17)19-20-15-16-21-19/h11-14H,2-10,15-16H2,1H3. The van der Waals surface area contributed by atoms with E-state index in [1.165, 1.54) is 63.4 Å². The number of aliphatic imine (C=N–C) groups is 1. The van der Waals surface area contributed by atoms with Crippen molar-refractivity contribution in [1.29, 1.82) is 0 Å². The Morgan fingerprint density at radius 1 is 0.905 bits per heavy atom. The molecule has 2 rings (SSSR count). The molecule has 21 heavy (non-hydrogen) atoms. The van der Waals surface area contributed by atoms with Gasteiger partial charge in [-0.25, -0.2) is 4.99 Å². The number of aryl methyl sites for hydroxylation is 1. The first-order valence-corrected chi connectivity index (χ1v) is 8.66. The van der Waals surface area contributed by atoms with Gasteiger partial charge in [-0.15, -0.1) is 0 Å². The Balaban J connectivity index is 1.58. The monoisotopic (exact) mass is 287 g/mol. The van der Waals surface area contributed by atoms with Gasteiger partial charge in [0.2, 0.25) is 5.90 Å². The van der Waals surface area contributed by atoms with Gasteiger partial charge in [-0.1, -0.05) is 64.0 Å². The number of unbranched alkanes of at least 4 members (excludes halogenated alkanes) is 7. The van der Waals surface area contributed by atoms with Gasteiger partial charge < -0.3 is 4.74 Å². The Bertz CT molecular complexity index is 422. The van der Waals surface area contributed by atoms with Crippen LogP contribution in [0.25, 0.3) is 0 Å². The Labute approximate surface area is 129 Å². The highest BCUT2D eigenvalue weighted by Crippen LogP contribution is 2.13. The summed E-state index contributed by atoms with van der Waals surface area (Å²) in [5, 5.41) is 0. The highest BCUT2D eigenvalue weighted by Gasteiger charge is 2.09. The van der Waals surface area contributed by atoms with Crippen molar-refractivity contribution in [2.45, 2.75) is 64.7 Å². The van der Waals surface area contributed by atoms with Crippen molar-refractivity contribution in [3.05, 3.63) is 35.4 Å². The maximum absolute atomic E-state index is 5.48. The average Bonchev–Trinajstić information content (AvgIpc) is 3.05. The first-order chi connectivity index (χ1) is 10.4. The average molecular weight is 287 g/mol. The molecule has 0 bridgehead atoms. The SMILES string of the molecule is CCCCCCCCCCc1ccc(C2=NCCO2)cc1. The van der Waals surface area contributed by atoms with E-state index in [9.17, 15) is 0 Å². The molecule has 1 aromatic rings. The predicted molar refractivity (Wildman–Crippen MR) is 90.1 cm³/mol. The van der Waals surface area contributed by atoms with Crippen LogP contribution in [0, 0.1) is 0 Å². The van der Waals surface area contributed by atoms with Crippen LogP contribution in [0.1, 0.15) is 69.4 Å². The Morgan fingerprint density at radius 3 is 2.19 bits per heavy atom. The lowest BCUT2D eigenvalue weighted by molar-refractivity contribution is 0.348. The molecule has 116 valence electrons. The molecule has 1 heterocycles. The number of hydrogen-bond acceptors (Lipinski definition) is 2. The smallest absolute Gasteiger partial charge is 0.216 e. The second-order valence-corrected chi connectivity index (χ2v) is 5.96. The lowest BCUT2D eigenvalue weighted by atomic mass is 10.0. The van der Waals surface area contributed by atoms with Gasteiger partial charge in [0.25, 0.3) is 0 Å². The molecule has 0 fully saturated rings. The predicted octanol–water partition coefficient (Wildman–Crippen LogP) is 5.15. The summed E-state index contributed by atoms with van der Waals surface area (Å²) in [6.07, 6.45) is 12.3. The maximum Gasteiger partial charge on any atom is 0.216 e. The fourth-order valence-corrected chi connectivity index (χ4v) is 2.79. The van der Waals surface area contributed by atoms with Crippen molar-refractivity contribution < 1.29 is 4.74 Å². The molecule has 2 heteroatoms. The van der Waals surface area contributed by atoms with Crippen molar-refractivity contribution in [1.82, 2.24) is 0 Å². The minimum absolute atomic E-state index is 0.731. The van der Waals surface area contributed by atoms with Crippen LogP contribution >= 0.6 is 0 Å². The van der Waals surface area contributed by atoms with Gasteiger partial charge in [0, 0.05) is 5.56 Å². The summed E-state index contributed by atoms with van der Waals surface area (Å²) in [5.74, 6) is 0.814. The normalized spacial score (nSPS) is 14.0. The molecule has 0 amide bonds. The molecule has 0 aromatic heterocycles. The van der Waals surface area contributed by atoms with Gasteiger partial charge in [0.05, 0.1) is 6.54 Å². The van der Waals surface area contributed by atoms with Crippen molar-refractivity contribution in [3.8, 4) is 0 Å². The topological polar surface area (TPSA) is 21.6 Å². The Morgan fingerprint density at radius 2 is 1.57 bits per heavy atom. The number of hydrogen-bond donors (Lipinski definition) is 0. The summed E-state index contributed by atoms with van der Waals surface area (Å²) in [7, 11) is 0. The molecule has 0 saturated carbocycles. The zero-order chi connectivity index (χ0) is 14.8. The number of rotatable bonds is 10. The van der Waals surface area contributed by atoms with Gasteiger partial charge in [0.15, 0.2) is 0 Å². The van der Waals surface area contributed by atoms with Gasteiger partial charge in [0.1, 0.15) is 6.61 Å².